The van der Waals surface area contributed by atoms with Gasteiger partial charge in [-0.05, 0) is 75.2 Å². The molecule has 0 N–H and O–H groups in total. The van der Waals surface area contributed by atoms with E-state index in [2.05, 4.69) is 59.9 Å². The van der Waals surface area contributed by atoms with Gasteiger partial charge in [0.1, 0.15) is 0 Å². The molecule has 0 spiro atoms. The molecule has 0 aromatic carbocycles. The molecule has 0 nitrogen and oxygen atoms in total. The third-order valence-corrected chi connectivity index (χ3v) is 9.65. The highest BCUT2D eigenvalue weighted by molar-refractivity contribution is 9.13. The SMILES string of the molecule is Brc1cc(C(Br)c2cc3c(s2)CCCCC3)sc1Br. The molecule has 0 saturated heterocycles. The van der Waals surface area contributed by atoms with Crippen molar-refractivity contribution in [1.82, 2.24) is 0 Å². The van der Waals surface area contributed by atoms with Crippen LogP contribution in [0.15, 0.2) is 20.4 Å². The fourth-order valence-electron chi connectivity index (χ4n) is 2.44. The van der Waals surface area contributed by atoms with E-state index in [1.807, 2.05) is 11.3 Å². The second kappa shape index (κ2) is 6.30. The normalized spacial score (nSPS) is 17.0. The van der Waals surface area contributed by atoms with Crippen molar-refractivity contribution in [3.8, 4) is 0 Å². The van der Waals surface area contributed by atoms with E-state index in [-0.39, 0.29) is 0 Å². The molecule has 1 aliphatic rings. The Labute approximate surface area is 147 Å². The molecular formula is C14H13Br3S2. The lowest BCUT2D eigenvalue weighted by Crippen LogP contribution is -1.85. The maximum absolute atomic E-state index is 3.87. The number of alkyl halides is 1. The summed E-state index contributed by atoms with van der Waals surface area (Å²) < 4.78 is 2.32. The van der Waals surface area contributed by atoms with Crippen LogP contribution in [0.2, 0.25) is 0 Å². The highest BCUT2D eigenvalue weighted by atomic mass is 79.9. The quantitative estimate of drug-likeness (QED) is 0.315. The lowest BCUT2D eigenvalue weighted by Gasteiger charge is -2.04. The lowest BCUT2D eigenvalue weighted by molar-refractivity contribution is 0.712. The molecule has 3 rings (SSSR count). The van der Waals surface area contributed by atoms with Gasteiger partial charge >= 0.3 is 0 Å². The molecule has 102 valence electrons. The Bertz CT molecular complexity index is 543. The summed E-state index contributed by atoms with van der Waals surface area (Å²) in [5, 5.41) is 0. The molecule has 5 heteroatoms. The van der Waals surface area contributed by atoms with Crippen LogP contribution >= 0.6 is 70.5 Å². The largest absolute Gasteiger partial charge is 0.144 e. The molecule has 0 aliphatic heterocycles. The Morgan fingerprint density at radius 2 is 1.68 bits per heavy atom. The number of rotatable bonds is 2. The first kappa shape index (κ1) is 14.8. The van der Waals surface area contributed by atoms with E-state index in [1.165, 1.54) is 45.6 Å². The van der Waals surface area contributed by atoms with Gasteiger partial charge in [0.15, 0.2) is 0 Å². The van der Waals surface area contributed by atoms with E-state index in [1.54, 1.807) is 21.8 Å². The van der Waals surface area contributed by atoms with Crippen LogP contribution in [0.1, 0.15) is 44.3 Å². The van der Waals surface area contributed by atoms with Gasteiger partial charge in [0.2, 0.25) is 0 Å². The van der Waals surface area contributed by atoms with E-state index < -0.39 is 0 Å². The van der Waals surface area contributed by atoms with Crippen LogP contribution in [-0.2, 0) is 12.8 Å². The van der Waals surface area contributed by atoms with Gasteiger partial charge in [-0.2, -0.15) is 0 Å². The van der Waals surface area contributed by atoms with E-state index in [4.69, 9.17) is 0 Å². The molecule has 1 aliphatic carbocycles. The summed E-state index contributed by atoms with van der Waals surface area (Å²) in [4.78, 5) is 4.76. The first-order valence-electron chi connectivity index (χ1n) is 6.35. The van der Waals surface area contributed by atoms with Gasteiger partial charge in [0, 0.05) is 19.1 Å². The molecule has 0 bridgehead atoms. The monoisotopic (exact) mass is 482 g/mol. The molecule has 0 radical (unpaired) electrons. The molecule has 19 heavy (non-hydrogen) atoms. The summed E-state index contributed by atoms with van der Waals surface area (Å²) >= 11 is 14.8. The maximum atomic E-state index is 3.87. The lowest BCUT2D eigenvalue weighted by atomic mass is 10.1. The molecule has 2 heterocycles. The van der Waals surface area contributed by atoms with E-state index >= 15 is 0 Å². The van der Waals surface area contributed by atoms with Crippen LogP contribution in [0.4, 0.5) is 0 Å². The van der Waals surface area contributed by atoms with E-state index in [0.29, 0.717) is 4.83 Å². The molecule has 1 atom stereocenters. The van der Waals surface area contributed by atoms with Gasteiger partial charge in [-0.25, -0.2) is 0 Å². The second-order valence-corrected chi connectivity index (χ2v) is 10.1. The fourth-order valence-corrected chi connectivity index (χ4v) is 6.68. The highest BCUT2D eigenvalue weighted by Crippen LogP contribution is 2.44. The average Bonchev–Trinajstić information content (AvgIpc) is 2.87. The number of fused-ring (bicyclic) bond motifs is 1. The van der Waals surface area contributed by atoms with Crippen molar-refractivity contribution in [2.24, 2.45) is 0 Å². The van der Waals surface area contributed by atoms with Crippen molar-refractivity contribution in [3.63, 3.8) is 0 Å². The number of aryl methyl sites for hydroxylation is 2. The van der Waals surface area contributed by atoms with Crippen molar-refractivity contribution < 1.29 is 0 Å². The van der Waals surface area contributed by atoms with Crippen molar-refractivity contribution in [2.75, 3.05) is 0 Å². The van der Waals surface area contributed by atoms with E-state index in [0.717, 1.165) is 4.47 Å². The molecule has 1 unspecified atom stereocenters. The van der Waals surface area contributed by atoms with Crippen LogP contribution in [0.25, 0.3) is 0 Å². The molecule has 2 aromatic heterocycles. The molecular weight excluding hydrogens is 472 g/mol. The summed E-state index contributed by atoms with van der Waals surface area (Å²) in [6.45, 7) is 0. The highest BCUT2D eigenvalue weighted by Gasteiger charge is 2.20. The van der Waals surface area contributed by atoms with Gasteiger partial charge in [-0.3, -0.25) is 0 Å². The third-order valence-electron chi connectivity index (χ3n) is 3.43. The summed E-state index contributed by atoms with van der Waals surface area (Å²) in [6.07, 6.45) is 6.64. The zero-order valence-corrected chi connectivity index (χ0v) is 16.6. The van der Waals surface area contributed by atoms with E-state index in [9.17, 15) is 0 Å². The van der Waals surface area contributed by atoms with Gasteiger partial charge in [0.05, 0.1) is 8.61 Å². The number of hydrogen-bond acceptors (Lipinski definition) is 2. The molecule has 0 amide bonds. The molecule has 2 aromatic rings. The van der Waals surface area contributed by atoms with Crippen molar-refractivity contribution >= 4 is 70.5 Å². The zero-order valence-electron chi connectivity index (χ0n) is 10.2. The number of thiophene rings is 2. The standard InChI is InChI=1S/C14H13Br3S2/c15-9-7-12(19-14(9)17)13(16)11-6-8-4-2-1-3-5-10(8)18-11/h6-7,13H,1-5H2. The zero-order chi connectivity index (χ0) is 13.4. The predicted molar refractivity (Wildman–Crippen MR) is 96.1 cm³/mol. The predicted octanol–water partition coefficient (Wildman–Crippen LogP) is 7.09. The van der Waals surface area contributed by atoms with Crippen LogP contribution in [0, 0.1) is 0 Å². The minimum atomic E-state index is 0.331. The van der Waals surface area contributed by atoms with Crippen LogP contribution in [0.5, 0.6) is 0 Å². The number of hydrogen-bond donors (Lipinski definition) is 0. The third kappa shape index (κ3) is 3.20. The maximum Gasteiger partial charge on any atom is 0.0843 e. The van der Waals surface area contributed by atoms with Gasteiger partial charge in [-0.1, -0.05) is 22.4 Å². The summed E-state index contributed by atoms with van der Waals surface area (Å²) in [5.74, 6) is 0. The Morgan fingerprint density at radius 1 is 0.947 bits per heavy atom. The number of halogens is 3. The average molecular weight is 485 g/mol. The van der Waals surface area contributed by atoms with Crippen LogP contribution in [-0.4, -0.2) is 0 Å². The minimum Gasteiger partial charge on any atom is -0.144 e. The van der Waals surface area contributed by atoms with Gasteiger partial charge < -0.3 is 0 Å². The Balaban J connectivity index is 1.89. The fraction of sp³-hybridized carbons (Fsp3) is 0.429. The minimum absolute atomic E-state index is 0.331. The molecule has 0 saturated carbocycles. The smallest absolute Gasteiger partial charge is 0.0843 e. The summed E-state index contributed by atoms with van der Waals surface area (Å²) in [5.41, 5.74) is 1.59. The summed E-state index contributed by atoms with van der Waals surface area (Å²) in [6, 6.07) is 4.63. The topological polar surface area (TPSA) is 0 Å². The second-order valence-electron chi connectivity index (χ2n) is 4.79. The van der Waals surface area contributed by atoms with Gasteiger partial charge in [-0.15, -0.1) is 22.7 Å². The van der Waals surface area contributed by atoms with Crippen LogP contribution in [0.3, 0.4) is 0 Å². The Kier molecular flexibility index (Phi) is 4.90. The Morgan fingerprint density at radius 3 is 2.42 bits per heavy atom. The first-order valence-corrected chi connectivity index (χ1v) is 10.5. The Hall–Kier alpha value is 0.840. The van der Waals surface area contributed by atoms with Crippen molar-refractivity contribution in [2.45, 2.75) is 36.9 Å². The summed E-state index contributed by atoms with van der Waals surface area (Å²) in [7, 11) is 0. The van der Waals surface area contributed by atoms with Crippen molar-refractivity contribution in [3.05, 3.63) is 40.6 Å². The first-order chi connectivity index (χ1) is 9.15. The van der Waals surface area contributed by atoms with Gasteiger partial charge in [0.25, 0.3) is 0 Å². The molecule has 0 fully saturated rings. The van der Waals surface area contributed by atoms with Crippen LogP contribution < -0.4 is 0 Å². The van der Waals surface area contributed by atoms with Crippen molar-refractivity contribution in [1.29, 1.82) is 0 Å².